The van der Waals surface area contributed by atoms with Crippen molar-refractivity contribution < 1.29 is 14.0 Å². The Morgan fingerprint density at radius 2 is 1.72 bits per heavy atom. The van der Waals surface area contributed by atoms with E-state index in [1.807, 2.05) is 12.1 Å². The molecule has 3 fully saturated rings. The summed E-state index contributed by atoms with van der Waals surface area (Å²) in [5.74, 6) is 1.57. The summed E-state index contributed by atoms with van der Waals surface area (Å²) < 4.78 is 5.78. The van der Waals surface area contributed by atoms with Crippen molar-refractivity contribution in [2.45, 2.75) is 6.42 Å². The van der Waals surface area contributed by atoms with E-state index in [2.05, 4.69) is 23.3 Å². The number of hydrazone groups is 1. The largest absolute Gasteiger partial charge is 0.455 e. The molecule has 0 N–H and O–H groups in total. The molecule has 6 heteroatoms. The van der Waals surface area contributed by atoms with Gasteiger partial charge in [-0.25, -0.2) is 0 Å². The SMILES string of the molecule is N#Cc1ccccc1-c1ccc(/C=N\N2C(=O)[C@@H]3[C@H]4C=C[C@@H]([C@@H]5C[C@H]45)[C@@H]3C2=O)o1. The first-order valence-corrected chi connectivity index (χ1v) is 9.87. The number of carbonyl (C=O) groups excluding carboxylic acids is 2. The third-order valence-corrected chi connectivity index (χ3v) is 6.88. The molecule has 2 amide bonds. The molecule has 6 nitrogen and oxygen atoms in total. The molecule has 6 atom stereocenters. The highest BCUT2D eigenvalue weighted by Crippen LogP contribution is 2.65. The van der Waals surface area contributed by atoms with E-state index in [-0.39, 0.29) is 35.5 Å². The Hall–Kier alpha value is -3.46. The number of carbonyl (C=O) groups is 2. The molecule has 4 aliphatic carbocycles. The summed E-state index contributed by atoms with van der Waals surface area (Å²) in [4.78, 5) is 25.9. The van der Waals surface area contributed by atoms with Gasteiger partial charge < -0.3 is 4.42 Å². The summed E-state index contributed by atoms with van der Waals surface area (Å²) in [6, 6.07) is 12.8. The Bertz CT molecular complexity index is 1120. The monoisotopic (exact) mass is 383 g/mol. The molecule has 2 saturated carbocycles. The minimum absolute atomic E-state index is 0.185. The first-order chi connectivity index (χ1) is 14.2. The van der Waals surface area contributed by atoms with Gasteiger partial charge in [0.05, 0.1) is 29.7 Å². The van der Waals surface area contributed by atoms with Gasteiger partial charge in [0.25, 0.3) is 11.8 Å². The van der Waals surface area contributed by atoms with Crippen molar-refractivity contribution in [3.05, 3.63) is 59.9 Å². The fraction of sp³-hybridized carbons (Fsp3) is 0.304. The second-order valence-corrected chi connectivity index (χ2v) is 8.25. The summed E-state index contributed by atoms with van der Waals surface area (Å²) >= 11 is 0. The van der Waals surface area contributed by atoms with Gasteiger partial charge in [0, 0.05) is 5.56 Å². The number of amides is 2. The van der Waals surface area contributed by atoms with E-state index >= 15 is 0 Å². The molecule has 0 unspecified atom stereocenters. The van der Waals surface area contributed by atoms with E-state index in [1.165, 1.54) is 6.21 Å². The van der Waals surface area contributed by atoms with Crippen LogP contribution in [0.3, 0.4) is 0 Å². The zero-order chi connectivity index (χ0) is 19.7. The predicted molar refractivity (Wildman–Crippen MR) is 103 cm³/mol. The third kappa shape index (κ3) is 2.24. The highest BCUT2D eigenvalue weighted by Gasteiger charge is 2.67. The van der Waals surface area contributed by atoms with E-state index in [0.717, 1.165) is 11.4 Å². The number of hydrogen-bond donors (Lipinski definition) is 0. The molecule has 2 bridgehead atoms. The number of benzene rings is 1. The summed E-state index contributed by atoms with van der Waals surface area (Å²) in [7, 11) is 0. The first-order valence-electron chi connectivity index (χ1n) is 9.87. The van der Waals surface area contributed by atoms with Crippen molar-refractivity contribution in [2.24, 2.45) is 40.6 Å². The summed E-state index contributed by atoms with van der Waals surface area (Å²) in [6.07, 6.45) is 6.83. The van der Waals surface area contributed by atoms with E-state index < -0.39 is 0 Å². The fourth-order valence-corrected chi connectivity index (χ4v) is 5.53. The lowest BCUT2D eigenvalue weighted by Crippen LogP contribution is -2.40. The van der Waals surface area contributed by atoms with Crippen LogP contribution in [0.4, 0.5) is 0 Å². The van der Waals surface area contributed by atoms with Gasteiger partial charge in [0.15, 0.2) is 0 Å². The second-order valence-electron chi connectivity index (χ2n) is 8.25. The van der Waals surface area contributed by atoms with Crippen molar-refractivity contribution in [1.82, 2.24) is 5.01 Å². The number of hydrogen-bond acceptors (Lipinski definition) is 5. The van der Waals surface area contributed by atoms with E-state index in [9.17, 15) is 14.9 Å². The molecule has 1 saturated heterocycles. The number of imide groups is 1. The highest BCUT2D eigenvalue weighted by molar-refractivity contribution is 6.06. The highest BCUT2D eigenvalue weighted by atomic mass is 16.3. The van der Waals surface area contributed by atoms with Crippen LogP contribution in [-0.4, -0.2) is 23.0 Å². The number of rotatable bonds is 3. The average molecular weight is 383 g/mol. The maximum Gasteiger partial charge on any atom is 0.254 e. The molecule has 2 heterocycles. The van der Waals surface area contributed by atoms with Crippen LogP contribution in [0, 0.1) is 46.8 Å². The average Bonchev–Trinajstić information content (AvgIpc) is 3.39. The van der Waals surface area contributed by atoms with Crippen molar-refractivity contribution in [3.8, 4) is 17.4 Å². The molecule has 2 aromatic rings. The quantitative estimate of drug-likeness (QED) is 0.463. The van der Waals surface area contributed by atoms with Crippen LogP contribution >= 0.6 is 0 Å². The van der Waals surface area contributed by atoms with E-state index in [0.29, 0.717) is 34.5 Å². The number of nitrogens with zero attached hydrogens (tertiary/aromatic N) is 3. The summed E-state index contributed by atoms with van der Waals surface area (Å²) in [6.45, 7) is 0. The van der Waals surface area contributed by atoms with Crippen molar-refractivity contribution in [2.75, 3.05) is 0 Å². The lowest BCUT2D eigenvalue weighted by atomic mass is 9.63. The fourth-order valence-electron chi connectivity index (χ4n) is 5.53. The second kappa shape index (κ2) is 5.77. The number of furan rings is 1. The first kappa shape index (κ1) is 16.5. The molecule has 1 aromatic heterocycles. The van der Waals surface area contributed by atoms with Crippen molar-refractivity contribution in [3.63, 3.8) is 0 Å². The Morgan fingerprint density at radius 1 is 1.03 bits per heavy atom. The molecule has 1 aromatic carbocycles. The molecule has 142 valence electrons. The maximum absolute atomic E-state index is 12.9. The normalized spacial score (nSPS) is 33.8. The van der Waals surface area contributed by atoms with Crippen LogP contribution in [0.25, 0.3) is 11.3 Å². The zero-order valence-corrected chi connectivity index (χ0v) is 15.4. The zero-order valence-electron chi connectivity index (χ0n) is 15.4. The summed E-state index contributed by atoms with van der Waals surface area (Å²) in [5.41, 5.74) is 1.21. The smallest absolute Gasteiger partial charge is 0.254 e. The molecular weight excluding hydrogens is 366 g/mol. The lowest BCUT2D eigenvalue weighted by Gasteiger charge is -2.37. The Labute approximate surface area is 167 Å². The molecule has 0 radical (unpaired) electrons. The Balaban J connectivity index is 1.26. The minimum atomic E-state index is -0.256. The van der Waals surface area contributed by atoms with Gasteiger partial charge in [-0.1, -0.05) is 24.3 Å². The topological polar surface area (TPSA) is 86.7 Å². The maximum atomic E-state index is 12.9. The third-order valence-electron chi connectivity index (χ3n) is 6.88. The van der Waals surface area contributed by atoms with Crippen LogP contribution < -0.4 is 0 Å². The van der Waals surface area contributed by atoms with Gasteiger partial charge in [-0.3, -0.25) is 9.59 Å². The Morgan fingerprint density at radius 3 is 2.41 bits per heavy atom. The van der Waals surface area contributed by atoms with E-state index in [1.54, 1.807) is 24.3 Å². The van der Waals surface area contributed by atoms with Crippen LogP contribution in [-0.2, 0) is 9.59 Å². The van der Waals surface area contributed by atoms with Crippen LogP contribution in [0.2, 0.25) is 0 Å². The Kier molecular flexibility index (Phi) is 3.28. The van der Waals surface area contributed by atoms with Crippen molar-refractivity contribution >= 4 is 18.0 Å². The minimum Gasteiger partial charge on any atom is -0.455 e. The van der Waals surface area contributed by atoms with Gasteiger partial charge in [-0.2, -0.15) is 15.4 Å². The summed E-state index contributed by atoms with van der Waals surface area (Å²) in [5, 5.41) is 14.5. The van der Waals surface area contributed by atoms with Gasteiger partial charge >= 0.3 is 0 Å². The van der Waals surface area contributed by atoms with Gasteiger partial charge in [-0.15, -0.1) is 0 Å². The lowest BCUT2D eigenvalue weighted by molar-refractivity contribution is -0.140. The molecule has 7 rings (SSSR count). The number of allylic oxidation sites excluding steroid dienone is 2. The van der Waals surface area contributed by atoms with Gasteiger partial charge in [-0.05, 0) is 54.4 Å². The van der Waals surface area contributed by atoms with Crippen LogP contribution in [0.5, 0.6) is 0 Å². The van der Waals surface area contributed by atoms with Gasteiger partial charge in [0.1, 0.15) is 11.5 Å². The molecule has 29 heavy (non-hydrogen) atoms. The van der Waals surface area contributed by atoms with Crippen LogP contribution in [0.1, 0.15) is 17.7 Å². The van der Waals surface area contributed by atoms with Crippen molar-refractivity contribution in [1.29, 1.82) is 5.26 Å². The number of nitriles is 1. The van der Waals surface area contributed by atoms with Gasteiger partial charge in [0.2, 0.25) is 0 Å². The molecular formula is C23H17N3O3. The van der Waals surface area contributed by atoms with E-state index in [4.69, 9.17) is 4.42 Å². The van der Waals surface area contributed by atoms with Crippen LogP contribution in [0.15, 0.2) is 58.1 Å². The molecule has 1 aliphatic heterocycles. The predicted octanol–water partition coefficient (Wildman–Crippen LogP) is 3.21. The molecule has 0 spiro atoms. The molecule has 5 aliphatic rings. The standard InChI is InChI=1S/C23H17N3O3/c24-10-12-3-1-2-4-14(12)19-8-5-13(29-19)11-25-26-22(27)20-15-6-7-16(18-9-17(15)18)21(20)23(26)28/h1-8,11,15-18,20-21H,9H2/b25-11-/t15-,16-,17-,18+,20-,21+/m0/s1.